The van der Waals surface area contributed by atoms with Gasteiger partial charge in [0.15, 0.2) is 0 Å². The number of fused-ring (bicyclic) bond motifs is 1. The molecule has 1 aliphatic heterocycles. The zero-order valence-electron chi connectivity index (χ0n) is 16.4. The maximum atomic E-state index is 12.9. The fourth-order valence-electron chi connectivity index (χ4n) is 4.17. The lowest BCUT2D eigenvalue weighted by Crippen LogP contribution is -2.40. The minimum Gasteiger partial charge on any atom is -0.478 e. The van der Waals surface area contributed by atoms with Gasteiger partial charge in [-0.15, -0.1) is 0 Å². The Balaban J connectivity index is 1.48. The lowest BCUT2D eigenvalue weighted by molar-refractivity contribution is 0.0547. The molecule has 2 aromatic carbocycles. The van der Waals surface area contributed by atoms with Crippen LogP contribution in [0.15, 0.2) is 42.5 Å². The van der Waals surface area contributed by atoms with Crippen LogP contribution in [0.5, 0.6) is 0 Å². The maximum Gasteiger partial charge on any atom is 0.335 e. The highest BCUT2D eigenvalue weighted by Gasteiger charge is 2.40. The number of carboxylic acids is 1. The summed E-state index contributed by atoms with van der Waals surface area (Å²) < 4.78 is 0. The van der Waals surface area contributed by atoms with Gasteiger partial charge in [-0.1, -0.05) is 31.4 Å². The third kappa shape index (κ3) is 3.70. The lowest BCUT2D eigenvalue weighted by atomic mass is 9.94. The molecule has 0 bridgehead atoms. The third-order valence-electron chi connectivity index (χ3n) is 5.75. The molecule has 1 aliphatic carbocycles. The second kappa shape index (κ2) is 8.10. The van der Waals surface area contributed by atoms with E-state index in [2.05, 4.69) is 5.32 Å². The number of nitrogens with zero attached hydrogens (tertiary/aromatic N) is 1. The van der Waals surface area contributed by atoms with E-state index < -0.39 is 11.9 Å². The summed E-state index contributed by atoms with van der Waals surface area (Å²) in [6.45, 7) is 0.151. The molecule has 2 N–H and O–H groups in total. The predicted octanol–water partition coefficient (Wildman–Crippen LogP) is 3.24. The molecule has 3 amide bonds. The van der Waals surface area contributed by atoms with E-state index in [9.17, 15) is 19.2 Å². The van der Waals surface area contributed by atoms with E-state index >= 15 is 0 Å². The zero-order valence-corrected chi connectivity index (χ0v) is 16.4. The summed E-state index contributed by atoms with van der Waals surface area (Å²) in [5.41, 5.74) is 1.70. The van der Waals surface area contributed by atoms with Crippen LogP contribution in [-0.4, -0.2) is 39.7 Å². The molecule has 0 atom stereocenters. The molecular weight excluding hydrogens is 384 g/mol. The van der Waals surface area contributed by atoms with Crippen LogP contribution in [0.25, 0.3) is 0 Å². The first-order valence-corrected chi connectivity index (χ1v) is 10.1. The molecule has 1 fully saturated rings. The average Bonchev–Trinajstić information content (AvgIpc) is 3.02. The zero-order chi connectivity index (χ0) is 21.3. The number of amides is 3. The average molecular weight is 406 g/mol. The Hall–Kier alpha value is -3.48. The van der Waals surface area contributed by atoms with Crippen molar-refractivity contribution < 1.29 is 24.3 Å². The number of hydrogen-bond donors (Lipinski definition) is 2. The van der Waals surface area contributed by atoms with Crippen molar-refractivity contribution in [2.45, 2.75) is 44.7 Å². The van der Waals surface area contributed by atoms with Gasteiger partial charge in [-0.25, -0.2) is 4.79 Å². The van der Waals surface area contributed by atoms with Gasteiger partial charge >= 0.3 is 5.97 Å². The Labute approximate surface area is 173 Å². The summed E-state index contributed by atoms with van der Waals surface area (Å²) in [5, 5.41) is 11.8. The Kier molecular flexibility index (Phi) is 5.35. The largest absolute Gasteiger partial charge is 0.478 e. The lowest BCUT2D eigenvalue weighted by Gasteiger charge is -2.29. The number of hydrogen-bond acceptors (Lipinski definition) is 4. The van der Waals surface area contributed by atoms with Gasteiger partial charge in [0, 0.05) is 18.2 Å². The molecule has 7 heteroatoms. The Morgan fingerprint density at radius 2 is 1.67 bits per heavy atom. The van der Waals surface area contributed by atoms with Gasteiger partial charge in [0.2, 0.25) is 0 Å². The molecule has 1 saturated carbocycles. The Morgan fingerprint density at radius 3 is 2.40 bits per heavy atom. The maximum absolute atomic E-state index is 12.9. The number of carbonyl (C=O) groups is 4. The first-order chi connectivity index (χ1) is 14.5. The van der Waals surface area contributed by atoms with Gasteiger partial charge in [-0.3, -0.25) is 19.3 Å². The summed E-state index contributed by atoms with van der Waals surface area (Å²) in [6, 6.07) is 10.8. The molecule has 0 aromatic heterocycles. The molecule has 4 rings (SSSR count). The van der Waals surface area contributed by atoms with Crippen molar-refractivity contribution in [1.29, 1.82) is 0 Å². The van der Waals surface area contributed by atoms with Crippen LogP contribution >= 0.6 is 0 Å². The minimum absolute atomic E-state index is 0.0649. The summed E-state index contributed by atoms with van der Waals surface area (Å²) in [6.07, 6.45) is 4.80. The van der Waals surface area contributed by atoms with Crippen molar-refractivity contribution in [2.24, 2.45) is 0 Å². The molecule has 0 spiro atoms. The molecule has 2 aromatic rings. The number of imide groups is 1. The number of nitrogens with one attached hydrogen (secondary N) is 1. The number of carboxylic acid groups (broad SMARTS) is 1. The van der Waals surface area contributed by atoms with Crippen molar-refractivity contribution in [3.63, 3.8) is 0 Å². The van der Waals surface area contributed by atoms with Crippen LogP contribution in [-0.2, 0) is 6.54 Å². The fraction of sp³-hybridized carbons (Fsp3) is 0.304. The van der Waals surface area contributed by atoms with Crippen LogP contribution in [0, 0.1) is 0 Å². The predicted molar refractivity (Wildman–Crippen MR) is 108 cm³/mol. The second-order valence-corrected chi connectivity index (χ2v) is 7.72. The fourth-order valence-corrected chi connectivity index (χ4v) is 4.17. The Bertz CT molecular complexity index is 1040. The number of carbonyl (C=O) groups excluding carboxylic acids is 3. The first-order valence-electron chi connectivity index (χ1n) is 10.1. The second-order valence-electron chi connectivity index (χ2n) is 7.72. The third-order valence-corrected chi connectivity index (χ3v) is 5.75. The molecule has 2 aliphatic rings. The molecule has 154 valence electrons. The van der Waals surface area contributed by atoms with Gasteiger partial charge < -0.3 is 10.4 Å². The van der Waals surface area contributed by atoms with E-state index in [4.69, 9.17) is 5.11 Å². The normalized spacial score (nSPS) is 16.5. The van der Waals surface area contributed by atoms with Crippen molar-refractivity contribution in [1.82, 2.24) is 10.2 Å². The summed E-state index contributed by atoms with van der Waals surface area (Å²) in [5.74, 6) is -2.03. The standard InChI is InChI=1S/C23H22N2O5/c26-20(24-13-14-5-4-6-16(11-14)23(29)30)15-9-10-18-19(12-15)22(28)25(21(18)27)17-7-2-1-3-8-17/h4-6,9-12,17H,1-3,7-8,13H2,(H,24,26)(H,29,30). The molecular formula is C23H22N2O5. The van der Waals surface area contributed by atoms with Crippen molar-refractivity contribution in [2.75, 3.05) is 0 Å². The van der Waals surface area contributed by atoms with Crippen LogP contribution in [0.4, 0.5) is 0 Å². The van der Waals surface area contributed by atoms with Gasteiger partial charge in [-0.05, 0) is 48.7 Å². The van der Waals surface area contributed by atoms with E-state index in [0.717, 1.165) is 32.1 Å². The highest BCUT2D eigenvalue weighted by Crippen LogP contribution is 2.31. The highest BCUT2D eigenvalue weighted by atomic mass is 16.4. The van der Waals surface area contributed by atoms with Crippen LogP contribution in [0.2, 0.25) is 0 Å². The van der Waals surface area contributed by atoms with E-state index in [-0.39, 0.29) is 41.1 Å². The number of aromatic carboxylic acids is 1. The number of benzene rings is 2. The van der Waals surface area contributed by atoms with Crippen LogP contribution in [0.3, 0.4) is 0 Å². The van der Waals surface area contributed by atoms with Crippen LogP contribution < -0.4 is 5.32 Å². The molecule has 0 radical (unpaired) electrons. The molecule has 0 unspecified atom stereocenters. The monoisotopic (exact) mass is 406 g/mol. The summed E-state index contributed by atoms with van der Waals surface area (Å²) in [4.78, 5) is 50.6. The van der Waals surface area contributed by atoms with Gasteiger partial charge in [0.25, 0.3) is 17.7 Å². The number of rotatable bonds is 5. The topological polar surface area (TPSA) is 104 Å². The van der Waals surface area contributed by atoms with Crippen molar-refractivity contribution in [3.05, 3.63) is 70.3 Å². The molecule has 7 nitrogen and oxygen atoms in total. The van der Waals surface area contributed by atoms with Crippen molar-refractivity contribution in [3.8, 4) is 0 Å². The molecule has 30 heavy (non-hydrogen) atoms. The van der Waals surface area contributed by atoms with E-state index in [1.54, 1.807) is 18.2 Å². The van der Waals surface area contributed by atoms with E-state index in [1.165, 1.54) is 29.2 Å². The minimum atomic E-state index is -1.03. The SMILES string of the molecule is O=C(O)c1cccc(CNC(=O)c2ccc3c(c2)C(=O)N(C2CCCCC2)C3=O)c1. The first kappa shape index (κ1) is 19.8. The molecule has 1 heterocycles. The Morgan fingerprint density at radius 1 is 0.933 bits per heavy atom. The van der Waals surface area contributed by atoms with E-state index in [0.29, 0.717) is 11.1 Å². The highest BCUT2D eigenvalue weighted by molar-refractivity contribution is 6.22. The smallest absolute Gasteiger partial charge is 0.335 e. The quantitative estimate of drug-likeness (QED) is 0.742. The molecule has 0 saturated heterocycles. The summed E-state index contributed by atoms with van der Waals surface area (Å²) in [7, 11) is 0. The van der Waals surface area contributed by atoms with E-state index in [1.807, 2.05) is 0 Å². The van der Waals surface area contributed by atoms with Gasteiger partial charge in [0.1, 0.15) is 0 Å². The van der Waals surface area contributed by atoms with Gasteiger partial charge in [-0.2, -0.15) is 0 Å². The van der Waals surface area contributed by atoms with Gasteiger partial charge in [0.05, 0.1) is 16.7 Å². The van der Waals surface area contributed by atoms with Crippen LogP contribution in [0.1, 0.15) is 79.1 Å². The summed E-state index contributed by atoms with van der Waals surface area (Å²) >= 11 is 0. The van der Waals surface area contributed by atoms with Crippen molar-refractivity contribution >= 4 is 23.7 Å².